The topological polar surface area (TPSA) is 108 Å². The van der Waals surface area contributed by atoms with Gasteiger partial charge in [0, 0.05) is 18.5 Å². The highest BCUT2D eigenvalue weighted by molar-refractivity contribution is 7.92. The monoisotopic (exact) mass is 547 g/mol. The van der Waals surface area contributed by atoms with Crippen molar-refractivity contribution in [3.8, 4) is 6.07 Å². The second kappa shape index (κ2) is 8.73. The molecule has 1 aromatic carbocycles. The summed E-state index contributed by atoms with van der Waals surface area (Å²) in [7, 11) is -4.05. The smallest absolute Gasteiger partial charge is 0.343 e. The van der Waals surface area contributed by atoms with Crippen LogP contribution in [-0.4, -0.2) is 47.5 Å². The lowest BCUT2D eigenvalue weighted by molar-refractivity contribution is -0.137. The van der Waals surface area contributed by atoms with Gasteiger partial charge in [0.05, 0.1) is 33.5 Å². The van der Waals surface area contributed by atoms with E-state index in [-0.39, 0.29) is 23.9 Å². The van der Waals surface area contributed by atoms with Crippen LogP contribution in [0.1, 0.15) is 74.6 Å². The zero-order valence-corrected chi connectivity index (χ0v) is 21.4. The molecule has 1 aliphatic heterocycles. The zero-order valence-electron chi connectivity index (χ0n) is 20.6. The fourth-order valence-electron chi connectivity index (χ4n) is 5.35. The Morgan fingerprint density at radius 1 is 1.13 bits per heavy atom. The van der Waals surface area contributed by atoms with Crippen LogP contribution in [0.15, 0.2) is 35.2 Å². The molecule has 2 atom stereocenters. The first-order valence-electron chi connectivity index (χ1n) is 13.0. The van der Waals surface area contributed by atoms with Crippen LogP contribution in [0.2, 0.25) is 0 Å². The summed E-state index contributed by atoms with van der Waals surface area (Å²) in [6.45, 7) is 0.00349. The van der Waals surface area contributed by atoms with Gasteiger partial charge in [-0.15, -0.1) is 0 Å². The number of anilines is 1. The molecule has 0 radical (unpaired) electrons. The van der Waals surface area contributed by atoms with E-state index in [1.165, 1.54) is 0 Å². The number of rotatable bonds is 7. The second-order valence-electron chi connectivity index (χ2n) is 11.0. The Morgan fingerprint density at radius 2 is 1.82 bits per heavy atom. The molecule has 2 heterocycles. The lowest BCUT2D eigenvalue weighted by Crippen LogP contribution is -2.48. The Balaban J connectivity index is 1.34. The maximum Gasteiger partial charge on any atom is 0.416 e. The molecule has 1 saturated heterocycles. The molecule has 0 unspecified atom stereocenters. The van der Waals surface area contributed by atoms with Crippen molar-refractivity contribution in [2.75, 3.05) is 11.4 Å². The summed E-state index contributed by atoms with van der Waals surface area (Å²) in [4.78, 5) is 15.0. The summed E-state index contributed by atoms with van der Waals surface area (Å²) in [5, 5.41) is 16.2. The van der Waals surface area contributed by atoms with E-state index in [0.29, 0.717) is 24.6 Å². The van der Waals surface area contributed by atoms with Gasteiger partial charge in [0.2, 0.25) is 5.91 Å². The highest BCUT2D eigenvalue weighted by Crippen LogP contribution is 2.45. The molecule has 1 N–H and O–H groups in total. The van der Waals surface area contributed by atoms with Crippen molar-refractivity contribution in [3.63, 3.8) is 0 Å². The molecule has 6 rings (SSSR count). The number of carbonyl (C=O) groups excluding carboxylic acids is 1. The van der Waals surface area contributed by atoms with Crippen LogP contribution >= 0.6 is 0 Å². The third-order valence-electron chi connectivity index (χ3n) is 8.29. The van der Waals surface area contributed by atoms with Crippen molar-refractivity contribution in [2.24, 2.45) is 0 Å². The van der Waals surface area contributed by atoms with Crippen molar-refractivity contribution >= 4 is 21.6 Å². The molecule has 2 aromatic rings. The number of nitrogens with zero attached hydrogens (tertiary/aromatic N) is 4. The van der Waals surface area contributed by atoms with Crippen molar-refractivity contribution in [2.45, 2.75) is 91.2 Å². The number of hydrogen-bond acceptors (Lipinski definition) is 6. The van der Waals surface area contributed by atoms with E-state index in [1.54, 1.807) is 4.90 Å². The molecule has 4 fully saturated rings. The Morgan fingerprint density at radius 3 is 2.34 bits per heavy atom. The first-order chi connectivity index (χ1) is 18.0. The molecule has 3 aliphatic carbocycles. The Kier molecular flexibility index (Phi) is 5.79. The van der Waals surface area contributed by atoms with Gasteiger partial charge in [-0.05, 0) is 75.6 Å². The van der Waals surface area contributed by atoms with E-state index in [9.17, 15) is 31.6 Å². The minimum atomic E-state index is -4.58. The van der Waals surface area contributed by atoms with E-state index in [2.05, 4.69) is 11.4 Å². The third kappa shape index (κ3) is 4.44. The van der Waals surface area contributed by atoms with Crippen LogP contribution in [0.25, 0.3) is 0 Å². The van der Waals surface area contributed by atoms with Gasteiger partial charge in [-0.25, -0.2) is 13.1 Å². The number of sulfone groups is 1. The normalized spacial score (nSPS) is 25.1. The van der Waals surface area contributed by atoms with E-state index in [1.807, 2.05) is 10.7 Å². The number of alkyl halides is 3. The average Bonchev–Trinajstić information content (AvgIpc) is 3.75. The number of nitriles is 1. The first-order valence-corrected chi connectivity index (χ1v) is 14.6. The molecule has 12 heteroatoms. The molecule has 4 aliphatic rings. The predicted octanol–water partition coefficient (Wildman–Crippen LogP) is 4.10. The summed E-state index contributed by atoms with van der Waals surface area (Å²) < 4.78 is 68.2. The molecule has 38 heavy (non-hydrogen) atoms. The van der Waals surface area contributed by atoms with E-state index >= 15 is 0 Å². The zero-order chi connectivity index (χ0) is 26.9. The van der Waals surface area contributed by atoms with Crippen LogP contribution < -0.4 is 10.2 Å². The van der Waals surface area contributed by atoms with Crippen LogP contribution in [0.3, 0.4) is 0 Å². The molecule has 0 spiro atoms. The lowest BCUT2D eigenvalue weighted by atomic mass is 9.93. The summed E-state index contributed by atoms with van der Waals surface area (Å²) in [6.07, 6.45) is 1.54. The summed E-state index contributed by atoms with van der Waals surface area (Å²) in [6, 6.07) is 6.93. The molecular weight excluding hydrogens is 519 g/mol. The Hall–Kier alpha value is -3.07. The fraction of sp³-hybridized carbons (Fsp3) is 0.577. The van der Waals surface area contributed by atoms with Crippen LogP contribution in [-0.2, 0) is 20.8 Å². The van der Waals surface area contributed by atoms with E-state index in [0.717, 1.165) is 62.1 Å². The van der Waals surface area contributed by atoms with Gasteiger partial charge in [0.25, 0.3) is 0 Å². The molecule has 8 nitrogen and oxygen atoms in total. The van der Waals surface area contributed by atoms with Crippen molar-refractivity contribution in [1.82, 2.24) is 15.1 Å². The highest BCUT2D eigenvalue weighted by Gasteiger charge is 2.50. The fourth-order valence-corrected chi connectivity index (χ4v) is 7.05. The van der Waals surface area contributed by atoms with Crippen molar-refractivity contribution in [3.05, 3.63) is 41.6 Å². The van der Waals surface area contributed by atoms with E-state index < -0.39 is 44.3 Å². The molecule has 3 saturated carbocycles. The number of nitrogens with one attached hydrogen (secondary N) is 1. The SMILES string of the molecule is N#CC1(NC(=O)[C@@H]2C[C@@H](S(=O)(=O)c3ccc(C(F)(F)F)cc3)CN2c2cc(C3CC3)nn2C2CCC2)CC1. The molecule has 1 amide bonds. The Labute approximate surface area is 218 Å². The van der Waals surface area contributed by atoms with E-state index in [4.69, 9.17) is 5.10 Å². The second-order valence-corrected chi connectivity index (χ2v) is 13.2. The maximum atomic E-state index is 13.6. The predicted molar refractivity (Wildman–Crippen MR) is 131 cm³/mol. The number of hydrogen-bond donors (Lipinski definition) is 1. The number of carbonyl (C=O) groups is 1. The lowest BCUT2D eigenvalue weighted by Gasteiger charge is -2.32. The average molecular weight is 548 g/mol. The molecule has 0 bridgehead atoms. The standard InChI is InChI=1S/C26H28F3N5O3S/c27-26(28,29)17-6-8-19(9-7-17)38(36,37)20-12-22(24(35)31-25(15-30)10-11-25)33(14-20)23-13-21(16-4-5-16)32-34(23)18-2-1-3-18/h6-9,13,16,18,20,22H,1-5,10-12,14H2,(H,31,35)/t20-,22+/m1/s1. The largest absolute Gasteiger partial charge is 0.416 e. The minimum Gasteiger partial charge on any atom is -0.343 e. The molecule has 202 valence electrons. The number of aromatic nitrogens is 2. The molecular formula is C26H28F3N5O3S. The van der Waals surface area contributed by atoms with Gasteiger partial charge in [0.1, 0.15) is 17.4 Å². The summed E-state index contributed by atoms with van der Waals surface area (Å²) in [5.74, 6) is 0.650. The number of benzene rings is 1. The number of halogens is 3. The van der Waals surface area contributed by atoms with Crippen LogP contribution in [0.4, 0.5) is 19.0 Å². The first kappa shape index (κ1) is 25.2. The van der Waals surface area contributed by atoms with Crippen LogP contribution in [0.5, 0.6) is 0 Å². The summed E-state index contributed by atoms with van der Waals surface area (Å²) >= 11 is 0. The Bertz CT molecular complexity index is 1400. The van der Waals surface area contributed by atoms with Gasteiger partial charge in [-0.3, -0.25) is 4.79 Å². The van der Waals surface area contributed by atoms with Gasteiger partial charge in [0.15, 0.2) is 9.84 Å². The summed E-state index contributed by atoms with van der Waals surface area (Å²) in [5.41, 5.74) is -0.902. The highest BCUT2D eigenvalue weighted by atomic mass is 32.2. The van der Waals surface area contributed by atoms with Crippen molar-refractivity contribution < 1.29 is 26.4 Å². The maximum absolute atomic E-state index is 13.6. The third-order valence-corrected chi connectivity index (χ3v) is 10.4. The van der Waals surface area contributed by atoms with Gasteiger partial charge in [-0.2, -0.15) is 23.5 Å². The van der Waals surface area contributed by atoms with Crippen molar-refractivity contribution in [1.29, 1.82) is 5.26 Å². The van der Waals surface area contributed by atoms with Gasteiger partial charge in [-0.1, -0.05) is 0 Å². The molecule has 1 aromatic heterocycles. The van der Waals surface area contributed by atoms with Gasteiger partial charge >= 0.3 is 6.18 Å². The van der Waals surface area contributed by atoms with Crippen LogP contribution in [0, 0.1) is 11.3 Å². The number of amides is 1. The quantitative estimate of drug-likeness (QED) is 0.559. The van der Waals surface area contributed by atoms with Gasteiger partial charge < -0.3 is 10.2 Å². The minimum absolute atomic E-state index is 0.00349.